The normalized spacial score (nSPS) is 16.1. The van der Waals surface area contributed by atoms with E-state index in [1.807, 2.05) is 24.3 Å². The third-order valence-corrected chi connectivity index (χ3v) is 3.30. The van der Waals surface area contributed by atoms with Crippen molar-refractivity contribution in [1.82, 2.24) is 0 Å². The quantitative estimate of drug-likeness (QED) is 0.615. The zero-order chi connectivity index (χ0) is 13.7. The maximum Gasteiger partial charge on any atom is 0.314 e. The van der Waals surface area contributed by atoms with Crippen molar-refractivity contribution in [2.75, 3.05) is 14.2 Å². The number of esters is 1. The number of hydrogen-bond donors (Lipinski definition) is 0. The van der Waals surface area contributed by atoms with Gasteiger partial charge < -0.3 is 9.47 Å². The molecule has 1 aliphatic carbocycles. The van der Waals surface area contributed by atoms with E-state index in [4.69, 9.17) is 9.47 Å². The van der Waals surface area contributed by atoms with E-state index in [-0.39, 0.29) is 17.8 Å². The lowest BCUT2D eigenvalue weighted by molar-refractivity contribution is -0.143. The van der Waals surface area contributed by atoms with Crippen LogP contribution in [-0.4, -0.2) is 20.2 Å². The molecule has 0 saturated heterocycles. The van der Waals surface area contributed by atoms with Crippen LogP contribution in [0, 0.1) is 5.92 Å². The second-order valence-electron chi connectivity index (χ2n) is 4.44. The zero-order valence-corrected chi connectivity index (χ0v) is 11.2. The molecule has 0 bridgehead atoms. The highest BCUT2D eigenvalue weighted by Crippen LogP contribution is 2.31. The van der Waals surface area contributed by atoms with Crippen LogP contribution in [0.5, 0.6) is 5.75 Å². The summed E-state index contributed by atoms with van der Waals surface area (Å²) in [4.78, 5) is 12.0. The number of carbonyl (C=O) groups excluding carboxylic acids is 1. The van der Waals surface area contributed by atoms with Crippen LogP contribution < -0.4 is 4.74 Å². The Kier molecular flexibility index (Phi) is 4.39. The highest BCUT2D eigenvalue weighted by Gasteiger charge is 2.28. The number of hydrogen-bond acceptors (Lipinski definition) is 3. The molecule has 1 atom stereocenters. The molecule has 0 fully saturated rings. The summed E-state index contributed by atoms with van der Waals surface area (Å²) < 4.78 is 10.1. The second-order valence-corrected chi connectivity index (χ2v) is 4.44. The average molecular weight is 258 g/mol. The Bertz CT molecular complexity index is 473. The molecule has 0 unspecified atom stereocenters. The van der Waals surface area contributed by atoms with Gasteiger partial charge in [-0.2, -0.15) is 0 Å². The molecule has 0 radical (unpaired) electrons. The molecule has 0 amide bonds. The van der Waals surface area contributed by atoms with Crippen LogP contribution in [0.1, 0.15) is 17.9 Å². The lowest BCUT2D eigenvalue weighted by atomic mass is 9.83. The SMILES string of the molecule is COC(=O)[C@@H](c1ccc(OC)cc1)C1C=CCC=C1. The first-order valence-corrected chi connectivity index (χ1v) is 6.31. The predicted molar refractivity (Wildman–Crippen MR) is 74.1 cm³/mol. The van der Waals surface area contributed by atoms with Crippen LogP contribution in [-0.2, 0) is 9.53 Å². The van der Waals surface area contributed by atoms with Gasteiger partial charge in [0, 0.05) is 5.92 Å². The van der Waals surface area contributed by atoms with Gasteiger partial charge in [0.15, 0.2) is 0 Å². The van der Waals surface area contributed by atoms with Crippen LogP contribution in [0.3, 0.4) is 0 Å². The molecule has 0 N–H and O–H groups in total. The fraction of sp³-hybridized carbons (Fsp3) is 0.312. The first-order chi connectivity index (χ1) is 9.26. The average Bonchev–Trinajstić information content (AvgIpc) is 2.49. The van der Waals surface area contributed by atoms with E-state index in [2.05, 4.69) is 24.3 Å². The van der Waals surface area contributed by atoms with E-state index in [0.717, 1.165) is 17.7 Å². The third kappa shape index (κ3) is 3.05. The lowest BCUT2D eigenvalue weighted by Crippen LogP contribution is -2.21. The van der Waals surface area contributed by atoms with Gasteiger partial charge in [-0.1, -0.05) is 36.4 Å². The fourth-order valence-electron chi connectivity index (χ4n) is 2.29. The van der Waals surface area contributed by atoms with Gasteiger partial charge >= 0.3 is 5.97 Å². The fourth-order valence-corrected chi connectivity index (χ4v) is 2.29. The smallest absolute Gasteiger partial charge is 0.314 e. The maximum atomic E-state index is 12.0. The molecule has 1 aromatic rings. The number of allylic oxidation sites excluding steroid dienone is 4. The van der Waals surface area contributed by atoms with Crippen LogP contribution in [0.2, 0.25) is 0 Å². The van der Waals surface area contributed by atoms with Gasteiger partial charge in [0.1, 0.15) is 5.75 Å². The topological polar surface area (TPSA) is 35.5 Å². The summed E-state index contributed by atoms with van der Waals surface area (Å²) in [5, 5.41) is 0. The molecule has 0 saturated carbocycles. The summed E-state index contributed by atoms with van der Waals surface area (Å²) in [5.41, 5.74) is 0.939. The first kappa shape index (κ1) is 13.4. The third-order valence-electron chi connectivity index (χ3n) is 3.30. The van der Waals surface area contributed by atoms with Gasteiger partial charge in [0.2, 0.25) is 0 Å². The van der Waals surface area contributed by atoms with Gasteiger partial charge in [0.05, 0.1) is 20.1 Å². The molecule has 3 heteroatoms. The van der Waals surface area contributed by atoms with Gasteiger partial charge in [-0.15, -0.1) is 0 Å². The van der Waals surface area contributed by atoms with Crippen LogP contribution in [0.15, 0.2) is 48.6 Å². The largest absolute Gasteiger partial charge is 0.497 e. The van der Waals surface area contributed by atoms with E-state index in [9.17, 15) is 4.79 Å². The van der Waals surface area contributed by atoms with Crippen molar-refractivity contribution in [3.8, 4) is 5.75 Å². The number of benzene rings is 1. The molecule has 100 valence electrons. The molecule has 0 aromatic heterocycles. The van der Waals surface area contributed by atoms with E-state index >= 15 is 0 Å². The van der Waals surface area contributed by atoms with Crippen molar-refractivity contribution in [2.24, 2.45) is 5.92 Å². The minimum Gasteiger partial charge on any atom is -0.497 e. The zero-order valence-electron chi connectivity index (χ0n) is 11.2. The Labute approximate surface area is 113 Å². The van der Waals surface area contributed by atoms with E-state index in [1.165, 1.54) is 7.11 Å². The van der Waals surface area contributed by atoms with Crippen molar-refractivity contribution in [3.05, 3.63) is 54.1 Å². The molecular weight excluding hydrogens is 240 g/mol. The van der Waals surface area contributed by atoms with Crippen LogP contribution in [0.25, 0.3) is 0 Å². The summed E-state index contributed by atoms with van der Waals surface area (Å²) >= 11 is 0. The van der Waals surface area contributed by atoms with Gasteiger partial charge in [-0.25, -0.2) is 0 Å². The molecule has 1 aliphatic rings. The van der Waals surface area contributed by atoms with Gasteiger partial charge in [-0.3, -0.25) is 4.79 Å². The first-order valence-electron chi connectivity index (χ1n) is 6.31. The summed E-state index contributed by atoms with van der Waals surface area (Å²) in [6.45, 7) is 0. The molecule has 0 spiro atoms. The Morgan fingerprint density at radius 3 is 2.32 bits per heavy atom. The van der Waals surface area contributed by atoms with E-state index in [0.29, 0.717) is 0 Å². The summed E-state index contributed by atoms with van der Waals surface area (Å²) in [5.74, 6) is 0.312. The van der Waals surface area contributed by atoms with Crippen LogP contribution >= 0.6 is 0 Å². The Hall–Kier alpha value is -2.03. The monoisotopic (exact) mass is 258 g/mol. The number of methoxy groups -OCH3 is 2. The summed E-state index contributed by atoms with van der Waals surface area (Å²) in [7, 11) is 3.05. The van der Waals surface area contributed by atoms with E-state index < -0.39 is 0 Å². The number of rotatable bonds is 4. The maximum absolute atomic E-state index is 12.0. The Balaban J connectivity index is 2.30. The van der Waals surface area contributed by atoms with Gasteiger partial charge in [-0.05, 0) is 24.1 Å². The highest BCUT2D eigenvalue weighted by atomic mass is 16.5. The van der Waals surface area contributed by atoms with Crippen molar-refractivity contribution < 1.29 is 14.3 Å². The Morgan fingerprint density at radius 2 is 1.79 bits per heavy atom. The van der Waals surface area contributed by atoms with E-state index in [1.54, 1.807) is 7.11 Å². The predicted octanol–water partition coefficient (Wildman–Crippen LogP) is 3.08. The summed E-state index contributed by atoms with van der Waals surface area (Å²) in [6, 6.07) is 7.55. The van der Waals surface area contributed by atoms with Crippen molar-refractivity contribution in [2.45, 2.75) is 12.3 Å². The van der Waals surface area contributed by atoms with Gasteiger partial charge in [0.25, 0.3) is 0 Å². The number of ether oxygens (including phenoxy) is 2. The molecule has 3 nitrogen and oxygen atoms in total. The molecule has 19 heavy (non-hydrogen) atoms. The lowest BCUT2D eigenvalue weighted by Gasteiger charge is -2.22. The van der Waals surface area contributed by atoms with Crippen LogP contribution in [0.4, 0.5) is 0 Å². The molecule has 0 heterocycles. The molecule has 1 aromatic carbocycles. The minimum absolute atomic E-state index is 0.0506. The minimum atomic E-state index is -0.302. The van der Waals surface area contributed by atoms with Crippen molar-refractivity contribution in [3.63, 3.8) is 0 Å². The Morgan fingerprint density at radius 1 is 1.16 bits per heavy atom. The standard InChI is InChI=1S/C16H18O3/c1-18-14-10-8-13(9-11-14)15(16(17)19-2)12-6-4-3-5-7-12/h4-12,15H,3H2,1-2H3/t15-/m1/s1. The van der Waals surface area contributed by atoms with Crippen molar-refractivity contribution >= 4 is 5.97 Å². The highest BCUT2D eigenvalue weighted by molar-refractivity contribution is 5.79. The molecule has 2 rings (SSSR count). The van der Waals surface area contributed by atoms with Crippen molar-refractivity contribution in [1.29, 1.82) is 0 Å². The summed E-state index contributed by atoms with van der Waals surface area (Å²) in [6.07, 6.45) is 9.19. The number of carbonyl (C=O) groups is 1. The second kappa shape index (κ2) is 6.23. The molecule has 0 aliphatic heterocycles. The molecular formula is C16H18O3.